The van der Waals surface area contributed by atoms with Gasteiger partial charge in [0, 0.05) is 19.1 Å². The minimum absolute atomic E-state index is 0.0771. The van der Waals surface area contributed by atoms with Crippen LogP contribution in [0.15, 0.2) is 59.4 Å². The third-order valence-electron chi connectivity index (χ3n) is 5.73. The molecule has 2 aromatic carbocycles. The van der Waals surface area contributed by atoms with E-state index < -0.39 is 18.2 Å². The van der Waals surface area contributed by atoms with Crippen molar-refractivity contribution >= 4 is 22.9 Å². The standard InChI is InChI=1S/C22H26N4O3.C2HF3O2/c23-18(15-29-14-16-6-2-1-3-7-16)21(27)25-12-10-17(11-13-25)26-20-9-5-4-8-19(20)24-22(26)28;3-2(4,5)1(6)7/h1-9,17-18H,10-15,23H2,(H,24,28);(H,6,7)/t18-;/m1./s1. The first-order valence-corrected chi connectivity index (χ1v) is 11.2. The lowest BCUT2D eigenvalue weighted by Gasteiger charge is -2.34. The fraction of sp³-hybridized carbons (Fsp3) is 0.375. The van der Waals surface area contributed by atoms with E-state index in [1.807, 2.05) is 59.2 Å². The summed E-state index contributed by atoms with van der Waals surface area (Å²) < 4.78 is 39.2. The number of halogens is 3. The molecule has 0 bridgehead atoms. The van der Waals surface area contributed by atoms with Crippen molar-refractivity contribution in [3.8, 4) is 0 Å². The van der Waals surface area contributed by atoms with E-state index >= 15 is 0 Å². The van der Waals surface area contributed by atoms with Crippen LogP contribution in [0, 0.1) is 0 Å². The average molecular weight is 508 g/mol. The Morgan fingerprint density at radius 1 is 1.08 bits per heavy atom. The second-order valence-electron chi connectivity index (χ2n) is 8.28. The lowest BCUT2D eigenvalue weighted by atomic mass is 10.0. The first-order valence-electron chi connectivity index (χ1n) is 11.2. The average Bonchev–Trinajstić information content (AvgIpc) is 3.19. The summed E-state index contributed by atoms with van der Waals surface area (Å²) in [5.74, 6) is -2.85. The van der Waals surface area contributed by atoms with E-state index in [1.54, 1.807) is 4.90 Å². The molecular formula is C24H27F3N4O5. The Labute approximate surface area is 204 Å². The highest BCUT2D eigenvalue weighted by Crippen LogP contribution is 2.25. The topological polar surface area (TPSA) is 131 Å². The predicted octanol–water partition coefficient (Wildman–Crippen LogP) is 2.67. The SMILES string of the molecule is N[C@H](COCc1ccccc1)C(=O)N1CCC(n2c(=O)[nH]c3ccccc32)CC1.O=C(O)C(F)(F)F. The lowest BCUT2D eigenvalue weighted by Crippen LogP contribution is -2.49. The van der Waals surface area contributed by atoms with Crippen LogP contribution >= 0.6 is 0 Å². The molecule has 1 atom stereocenters. The van der Waals surface area contributed by atoms with Gasteiger partial charge in [0.1, 0.15) is 6.04 Å². The van der Waals surface area contributed by atoms with E-state index in [2.05, 4.69) is 4.98 Å². The number of aromatic amines is 1. The minimum Gasteiger partial charge on any atom is -0.475 e. The molecule has 0 aliphatic carbocycles. The van der Waals surface area contributed by atoms with Crippen molar-refractivity contribution < 1.29 is 32.6 Å². The van der Waals surface area contributed by atoms with Crippen molar-refractivity contribution in [1.82, 2.24) is 14.5 Å². The van der Waals surface area contributed by atoms with Gasteiger partial charge in [0.25, 0.3) is 0 Å². The molecule has 1 amide bonds. The maximum Gasteiger partial charge on any atom is 0.490 e. The summed E-state index contributed by atoms with van der Waals surface area (Å²) in [6.07, 6.45) is -3.63. The second kappa shape index (κ2) is 11.9. The van der Waals surface area contributed by atoms with Gasteiger partial charge in [0.15, 0.2) is 0 Å². The summed E-state index contributed by atoms with van der Waals surface area (Å²) in [5.41, 5.74) is 8.77. The number of carboxylic acid groups (broad SMARTS) is 1. The number of alkyl halides is 3. The number of rotatable bonds is 6. The summed E-state index contributed by atoms with van der Waals surface area (Å²) in [4.78, 5) is 38.6. The molecule has 4 N–H and O–H groups in total. The molecule has 4 rings (SSSR count). The maximum absolute atomic E-state index is 12.7. The molecule has 2 heterocycles. The quantitative estimate of drug-likeness (QED) is 0.469. The number of carboxylic acids is 1. The Hall–Kier alpha value is -3.64. The molecule has 0 spiro atoms. The smallest absolute Gasteiger partial charge is 0.475 e. The number of ether oxygens (including phenoxy) is 1. The zero-order chi connectivity index (χ0) is 26.3. The molecule has 9 nitrogen and oxygen atoms in total. The third kappa shape index (κ3) is 6.95. The second-order valence-corrected chi connectivity index (χ2v) is 8.28. The van der Waals surface area contributed by atoms with E-state index in [4.69, 9.17) is 20.4 Å². The Kier molecular flexibility index (Phi) is 8.88. The van der Waals surface area contributed by atoms with Gasteiger partial charge >= 0.3 is 17.8 Å². The van der Waals surface area contributed by atoms with Crippen LogP contribution in [0.3, 0.4) is 0 Å². The van der Waals surface area contributed by atoms with E-state index in [1.165, 1.54) is 0 Å². The molecule has 1 aromatic heterocycles. The van der Waals surface area contributed by atoms with Gasteiger partial charge in [-0.05, 0) is 30.5 Å². The van der Waals surface area contributed by atoms with Gasteiger partial charge in [-0.15, -0.1) is 0 Å². The number of hydrogen-bond acceptors (Lipinski definition) is 5. The number of likely N-dealkylation sites (tertiary alicyclic amines) is 1. The molecule has 1 aliphatic heterocycles. The van der Waals surface area contributed by atoms with Crippen molar-refractivity contribution in [3.05, 3.63) is 70.6 Å². The van der Waals surface area contributed by atoms with Gasteiger partial charge < -0.3 is 25.5 Å². The molecule has 3 aromatic rings. The Bertz CT molecular complexity index is 1220. The number of fused-ring (bicyclic) bond motifs is 1. The highest BCUT2D eigenvalue weighted by Gasteiger charge is 2.38. The zero-order valence-corrected chi connectivity index (χ0v) is 19.3. The van der Waals surface area contributed by atoms with Crippen molar-refractivity contribution in [1.29, 1.82) is 0 Å². The number of aromatic nitrogens is 2. The first kappa shape index (κ1) is 27.0. The molecular weight excluding hydrogens is 481 g/mol. The van der Waals surface area contributed by atoms with Crippen molar-refractivity contribution in [3.63, 3.8) is 0 Å². The molecule has 0 saturated carbocycles. The van der Waals surface area contributed by atoms with E-state index in [0.29, 0.717) is 19.7 Å². The first-order chi connectivity index (χ1) is 17.1. The number of imidazole rings is 1. The number of carbonyl (C=O) groups is 2. The molecule has 1 saturated heterocycles. The molecule has 0 unspecified atom stereocenters. The number of nitrogens with zero attached hydrogens (tertiary/aromatic N) is 2. The van der Waals surface area contributed by atoms with E-state index in [0.717, 1.165) is 29.4 Å². The number of aliphatic carboxylic acids is 1. The molecule has 12 heteroatoms. The Balaban J connectivity index is 0.000000454. The molecule has 1 fully saturated rings. The van der Waals surface area contributed by atoms with Crippen LogP contribution in [0.1, 0.15) is 24.4 Å². The fourth-order valence-electron chi connectivity index (χ4n) is 3.96. The summed E-state index contributed by atoms with van der Waals surface area (Å²) in [6.45, 7) is 1.80. The van der Waals surface area contributed by atoms with Crippen LogP contribution in [0.5, 0.6) is 0 Å². The molecule has 36 heavy (non-hydrogen) atoms. The fourth-order valence-corrected chi connectivity index (χ4v) is 3.96. The lowest BCUT2D eigenvalue weighted by molar-refractivity contribution is -0.192. The molecule has 1 aliphatic rings. The highest BCUT2D eigenvalue weighted by atomic mass is 19.4. The van der Waals surface area contributed by atoms with Crippen LogP contribution in [-0.2, 0) is 20.9 Å². The van der Waals surface area contributed by atoms with Crippen molar-refractivity contribution in [2.45, 2.75) is 37.7 Å². The number of piperidine rings is 1. The normalized spacial score (nSPS) is 15.3. The van der Waals surface area contributed by atoms with Crippen LogP contribution in [0.2, 0.25) is 0 Å². The number of carbonyl (C=O) groups excluding carboxylic acids is 1. The summed E-state index contributed by atoms with van der Waals surface area (Å²) >= 11 is 0. The summed E-state index contributed by atoms with van der Waals surface area (Å²) in [6, 6.07) is 16.9. The van der Waals surface area contributed by atoms with Crippen LogP contribution in [-0.4, -0.2) is 63.3 Å². The van der Waals surface area contributed by atoms with E-state index in [-0.39, 0.29) is 24.2 Å². The van der Waals surface area contributed by atoms with Gasteiger partial charge in [-0.1, -0.05) is 42.5 Å². The van der Waals surface area contributed by atoms with E-state index in [9.17, 15) is 22.8 Å². The summed E-state index contributed by atoms with van der Waals surface area (Å²) in [7, 11) is 0. The Morgan fingerprint density at radius 2 is 1.67 bits per heavy atom. The van der Waals surface area contributed by atoms with Crippen molar-refractivity contribution in [2.24, 2.45) is 5.73 Å². The minimum atomic E-state index is -5.08. The largest absolute Gasteiger partial charge is 0.490 e. The molecule has 0 radical (unpaired) electrons. The number of benzene rings is 2. The highest BCUT2D eigenvalue weighted by molar-refractivity contribution is 5.82. The predicted molar refractivity (Wildman–Crippen MR) is 125 cm³/mol. The van der Waals surface area contributed by atoms with Gasteiger partial charge in [-0.25, -0.2) is 9.59 Å². The van der Waals surface area contributed by atoms with Gasteiger partial charge in [-0.3, -0.25) is 9.36 Å². The number of nitrogens with one attached hydrogen (secondary N) is 1. The number of para-hydroxylation sites is 2. The monoisotopic (exact) mass is 508 g/mol. The van der Waals surface area contributed by atoms with Gasteiger partial charge in [0.2, 0.25) is 5.91 Å². The number of nitrogens with two attached hydrogens (primary N) is 1. The maximum atomic E-state index is 12.7. The number of H-pyrrole nitrogens is 1. The molecule has 194 valence electrons. The van der Waals surface area contributed by atoms with Gasteiger partial charge in [-0.2, -0.15) is 13.2 Å². The zero-order valence-electron chi connectivity index (χ0n) is 19.3. The number of amides is 1. The number of hydrogen-bond donors (Lipinski definition) is 3. The van der Waals surface area contributed by atoms with Crippen molar-refractivity contribution in [2.75, 3.05) is 19.7 Å². The van der Waals surface area contributed by atoms with Crippen LogP contribution in [0.4, 0.5) is 13.2 Å². The Morgan fingerprint density at radius 3 is 2.28 bits per heavy atom. The summed E-state index contributed by atoms with van der Waals surface area (Å²) in [5, 5.41) is 7.12. The van der Waals surface area contributed by atoms with Gasteiger partial charge in [0.05, 0.1) is 24.2 Å². The van der Waals surface area contributed by atoms with Crippen LogP contribution in [0.25, 0.3) is 11.0 Å². The van der Waals surface area contributed by atoms with Crippen LogP contribution < -0.4 is 11.4 Å². The third-order valence-corrected chi connectivity index (χ3v) is 5.73.